The Morgan fingerprint density at radius 2 is 1.00 bits per heavy atom. The maximum absolute atomic E-state index is 2.33. The smallest absolute Gasteiger partial charge is 0.0122 e. The van der Waals surface area contributed by atoms with Gasteiger partial charge in [0.1, 0.15) is 0 Å². The molecule has 0 atom stereocenters. The molecule has 0 fully saturated rings. The van der Waals surface area contributed by atoms with Gasteiger partial charge in [-0.15, -0.1) is 0 Å². The van der Waals surface area contributed by atoms with Crippen molar-refractivity contribution in [1.82, 2.24) is 0 Å². The molecule has 0 aliphatic rings. The molecule has 0 radical (unpaired) electrons. The zero-order chi connectivity index (χ0) is 16.4. The van der Waals surface area contributed by atoms with Crippen molar-refractivity contribution in [3.8, 4) is 0 Å². The fourth-order valence-corrected chi connectivity index (χ4v) is 5.82. The maximum Gasteiger partial charge on any atom is -0.0122 e. The summed E-state index contributed by atoms with van der Waals surface area (Å²) in [6.45, 7) is 8.87. The molecule has 0 saturated heterocycles. The summed E-state index contributed by atoms with van der Waals surface area (Å²) in [5.41, 5.74) is 5.47. The topological polar surface area (TPSA) is 0 Å². The van der Waals surface area contributed by atoms with Gasteiger partial charge in [0.15, 0.2) is 0 Å². The van der Waals surface area contributed by atoms with Crippen molar-refractivity contribution >= 4 is 23.8 Å². The van der Waals surface area contributed by atoms with E-state index in [0.29, 0.717) is 0 Å². The highest BCUT2D eigenvalue weighted by atomic mass is 31.1. The van der Waals surface area contributed by atoms with Gasteiger partial charge in [-0.2, -0.15) is 0 Å². The SMILES string of the molecule is Cc1ccc(P(c2ccccc2C)c2ccccc2C)c(C)c1. The lowest BCUT2D eigenvalue weighted by Gasteiger charge is -2.24. The fourth-order valence-electron chi connectivity index (χ4n) is 3.07. The predicted octanol–water partition coefficient (Wildman–Crippen LogP) is 4.68. The number of aryl methyl sites for hydroxylation is 4. The maximum atomic E-state index is 2.33. The van der Waals surface area contributed by atoms with Gasteiger partial charge in [0.2, 0.25) is 0 Å². The predicted molar refractivity (Wildman–Crippen MR) is 104 cm³/mol. The Balaban J connectivity index is 2.27. The zero-order valence-electron chi connectivity index (χ0n) is 14.3. The summed E-state index contributed by atoms with van der Waals surface area (Å²) >= 11 is 0. The summed E-state index contributed by atoms with van der Waals surface area (Å²) < 4.78 is 0. The van der Waals surface area contributed by atoms with E-state index in [0.717, 1.165) is 0 Å². The van der Waals surface area contributed by atoms with E-state index in [1.807, 2.05) is 0 Å². The molecular formula is C22H23P. The van der Waals surface area contributed by atoms with Crippen LogP contribution in [-0.2, 0) is 0 Å². The van der Waals surface area contributed by atoms with Gasteiger partial charge < -0.3 is 0 Å². The normalized spacial score (nSPS) is 11.0. The number of hydrogen-bond donors (Lipinski definition) is 0. The van der Waals surface area contributed by atoms with Crippen molar-refractivity contribution in [2.24, 2.45) is 0 Å². The first-order valence-electron chi connectivity index (χ1n) is 8.06. The van der Waals surface area contributed by atoms with Crippen LogP contribution >= 0.6 is 7.92 Å². The van der Waals surface area contributed by atoms with E-state index in [1.54, 1.807) is 0 Å². The lowest BCUT2D eigenvalue weighted by atomic mass is 10.2. The summed E-state index contributed by atoms with van der Waals surface area (Å²) in [6.07, 6.45) is 0. The molecule has 0 saturated carbocycles. The van der Waals surface area contributed by atoms with E-state index in [1.165, 1.54) is 38.2 Å². The van der Waals surface area contributed by atoms with Crippen LogP contribution in [0.15, 0.2) is 66.7 Å². The molecule has 0 spiro atoms. The second-order valence-electron chi connectivity index (χ2n) is 6.20. The first kappa shape index (κ1) is 16.0. The standard InChI is InChI=1S/C22H23P/c1-16-13-14-22(19(4)15-16)23(20-11-7-5-9-17(20)2)21-12-8-6-10-18(21)3/h5-15H,1-4H3. The molecule has 0 bridgehead atoms. The summed E-state index contributed by atoms with van der Waals surface area (Å²) in [4.78, 5) is 0. The number of benzene rings is 3. The molecule has 0 unspecified atom stereocenters. The van der Waals surface area contributed by atoms with Gasteiger partial charge in [0.25, 0.3) is 0 Å². The van der Waals surface area contributed by atoms with Crippen LogP contribution in [-0.4, -0.2) is 0 Å². The van der Waals surface area contributed by atoms with Gasteiger partial charge in [-0.25, -0.2) is 0 Å². The number of rotatable bonds is 3. The molecule has 23 heavy (non-hydrogen) atoms. The van der Waals surface area contributed by atoms with Crippen molar-refractivity contribution in [2.45, 2.75) is 27.7 Å². The van der Waals surface area contributed by atoms with Crippen molar-refractivity contribution < 1.29 is 0 Å². The van der Waals surface area contributed by atoms with Crippen molar-refractivity contribution in [1.29, 1.82) is 0 Å². The van der Waals surface area contributed by atoms with Crippen molar-refractivity contribution in [3.63, 3.8) is 0 Å². The third-order valence-electron chi connectivity index (χ3n) is 4.31. The Labute approximate surface area is 141 Å². The monoisotopic (exact) mass is 318 g/mol. The van der Waals surface area contributed by atoms with E-state index < -0.39 is 7.92 Å². The summed E-state index contributed by atoms with van der Waals surface area (Å²) in [5.74, 6) is 0. The van der Waals surface area contributed by atoms with Crippen LogP contribution in [0.25, 0.3) is 0 Å². The molecule has 3 rings (SSSR count). The summed E-state index contributed by atoms with van der Waals surface area (Å²) in [7, 11) is -0.521. The number of hydrogen-bond acceptors (Lipinski definition) is 0. The van der Waals surface area contributed by atoms with Crippen molar-refractivity contribution in [3.05, 3.63) is 89.0 Å². The van der Waals surface area contributed by atoms with Gasteiger partial charge in [-0.05, 0) is 68.2 Å². The van der Waals surface area contributed by atoms with Crippen molar-refractivity contribution in [2.75, 3.05) is 0 Å². The second-order valence-corrected chi connectivity index (χ2v) is 8.31. The largest absolute Gasteiger partial charge is 0.0620 e. The lowest BCUT2D eigenvalue weighted by molar-refractivity contribution is 1.41. The molecule has 3 aromatic carbocycles. The average molecular weight is 318 g/mol. The Morgan fingerprint density at radius 3 is 1.48 bits per heavy atom. The van der Waals surface area contributed by atoms with E-state index >= 15 is 0 Å². The summed E-state index contributed by atoms with van der Waals surface area (Å²) in [5, 5.41) is 4.39. The molecule has 1 heteroatoms. The minimum absolute atomic E-state index is 0.521. The molecule has 0 aromatic heterocycles. The Kier molecular flexibility index (Phi) is 4.64. The quantitative estimate of drug-likeness (QED) is 0.615. The highest BCUT2D eigenvalue weighted by Gasteiger charge is 2.21. The molecule has 116 valence electrons. The van der Waals surface area contributed by atoms with E-state index in [9.17, 15) is 0 Å². The summed E-state index contributed by atoms with van der Waals surface area (Å²) in [6, 6.07) is 24.5. The second kappa shape index (κ2) is 6.69. The average Bonchev–Trinajstić information content (AvgIpc) is 2.53. The molecule has 0 nitrogen and oxygen atoms in total. The Bertz CT molecular complexity index is 787. The zero-order valence-corrected chi connectivity index (χ0v) is 15.2. The highest BCUT2D eigenvalue weighted by Crippen LogP contribution is 2.36. The van der Waals surface area contributed by atoms with Crippen LogP contribution in [0.2, 0.25) is 0 Å². The molecule has 3 aromatic rings. The molecular weight excluding hydrogens is 295 g/mol. The van der Waals surface area contributed by atoms with Gasteiger partial charge in [0.05, 0.1) is 0 Å². The minimum atomic E-state index is -0.521. The fraction of sp³-hybridized carbons (Fsp3) is 0.182. The molecule has 0 amide bonds. The van der Waals surface area contributed by atoms with Crippen LogP contribution in [0.3, 0.4) is 0 Å². The first-order chi connectivity index (χ1) is 11.1. The van der Waals surface area contributed by atoms with E-state index in [2.05, 4.69) is 94.4 Å². The van der Waals surface area contributed by atoms with Crippen LogP contribution in [0, 0.1) is 27.7 Å². The lowest BCUT2D eigenvalue weighted by Crippen LogP contribution is -2.25. The van der Waals surface area contributed by atoms with Crippen LogP contribution in [0.5, 0.6) is 0 Å². The van der Waals surface area contributed by atoms with Crippen LogP contribution < -0.4 is 15.9 Å². The molecule has 0 aliphatic carbocycles. The molecule has 0 aliphatic heterocycles. The van der Waals surface area contributed by atoms with Gasteiger partial charge >= 0.3 is 0 Å². The molecule has 0 N–H and O–H groups in total. The Hall–Kier alpha value is -1.91. The van der Waals surface area contributed by atoms with E-state index in [-0.39, 0.29) is 0 Å². The first-order valence-corrected chi connectivity index (χ1v) is 9.41. The third-order valence-corrected chi connectivity index (χ3v) is 7.26. The Morgan fingerprint density at radius 1 is 0.522 bits per heavy atom. The third kappa shape index (κ3) is 3.23. The minimum Gasteiger partial charge on any atom is -0.0620 e. The molecule has 0 heterocycles. The van der Waals surface area contributed by atoms with E-state index in [4.69, 9.17) is 0 Å². The van der Waals surface area contributed by atoms with Gasteiger partial charge in [-0.3, -0.25) is 0 Å². The van der Waals surface area contributed by atoms with Crippen LogP contribution in [0.1, 0.15) is 22.3 Å². The van der Waals surface area contributed by atoms with Crippen LogP contribution in [0.4, 0.5) is 0 Å². The van der Waals surface area contributed by atoms with Gasteiger partial charge in [0, 0.05) is 0 Å². The highest BCUT2D eigenvalue weighted by molar-refractivity contribution is 7.80. The van der Waals surface area contributed by atoms with Gasteiger partial charge in [-0.1, -0.05) is 72.3 Å².